The molecule has 2 heteroatoms. The van der Waals surface area contributed by atoms with E-state index in [-0.39, 0.29) is 0 Å². The molecular formula is C6H3S2+. The maximum absolute atomic E-state index is 3.07. The second kappa shape index (κ2) is 1.59. The molecule has 0 nitrogen and oxygen atoms in total. The molecule has 8 heavy (non-hydrogen) atoms. The molecule has 0 saturated heterocycles. The molecule has 1 aromatic heterocycles. The summed E-state index contributed by atoms with van der Waals surface area (Å²) in [6.45, 7) is 0. The van der Waals surface area contributed by atoms with Crippen LogP contribution in [0.25, 0.3) is 6.08 Å². The first-order valence-corrected chi connectivity index (χ1v) is 3.99. The molecule has 0 aromatic carbocycles. The molecule has 2 heterocycles. The summed E-state index contributed by atoms with van der Waals surface area (Å²) in [6.07, 6.45) is 2.02. The minimum Gasteiger partial charge on any atom is -0.111 e. The van der Waals surface area contributed by atoms with Gasteiger partial charge in [0, 0.05) is 11.4 Å². The van der Waals surface area contributed by atoms with Crippen LogP contribution in [0.4, 0.5) is 0 Å². The number of hydrogen-bond acceptors (Lipinski definition) is 2. The Balaban J connectivity index is 2.67. The van der Waals surface area contributed by atoms with Gasteiger partial charge < -0.3 is 0 Å². The van der Waals surface area contributed by atoms with Gasteiger partial charge in [-0.15, -0.1) is 11.3 Å². The normalized spacial score (nSPS) is 13.5. The fourth-order valence-electron chi connectivity index (χ4n) is 0.642. The van der Waals surface area contributed by atoms with Crippen LogP contribution in [0.15, 0.2) is 15.7 Å². The summed E-state index contributed by atoms with van der Waals surface area (Å²) in [5.41, 5.74) is 1.33. The summed E-state index contributed by atoms with van der Waals surface area (Å²) < 4.78 is 1.38. The minimum absolute atomic E-state index is 1.33. The van der Waals surface area contributed by atoms with E-state index in [0.29, 0.717) is 0 Å². The zero-order valence-corrected chi connectivity index (χ0v) is 5.68. The smallest absolute Gasteiger partial charge is 0.111 e. The van der Waals surface area contributed by atoms with Crippen molar-refractivity contribution in [2.45, 2.75) is 4.21 Å². The summed E-state index contributed by atoms with van der Waals surface area (Å²) >= 11 is 3.47. The van der Waals surface area contributed by atoms with Gasteiger partial charge in [0.15, 0.2) is 10.3 Å². The van der Waals surface area contributed by atoms with E-state index < -0.39 is 0 Å². The average molecular weight is 139 g/mol. The van der Waals surface area contributed by atoms with Crippen molar-refractivity contribution in [1.29, 1.82) is 0 Å². The van der Waals surface area contributed by atoms with Crippen molar-refractivity contribution < 1.29 is 0 Å². The second-order valence-corrected chi connectivity index (χ2v) is 3.55. The Labute approximate surface area is 56.2 Å². The number of thiophene rings is 1. The van der Waals surface area contributed by atoms with E-state index >= 15 is 0 Å². The highest BCUT2D eigenvalue weighted by atomic mass is 32.2. The van der Waals surface area contributed by atoms with Gasteiger partial charge in [0.25, 0.3) is 0 Å². The molecule has 0 amide bonds. The van der Waals surface area contributed by atoms with Crippen molar-refractivity contribution in [3.05, 3.63) is 22.4 Å². The van der Waals surface area contributed by atoms with Crippen LogP contribution in [0.1, 0.15) is 5.56 Å². The van der Waals surface area contributed by atoms with Gasteiger partial charge in [-0.2, -0.15) is 0 Å². The van der Waals surface area contributed by atoms with Crippen LogP contribution in [0.5, 0.6) is 0 Å². The zero-order valence-electron chi connectivity index (χ0n) is 4.05. The van der Waals surface area contributed by atoms with Gasteiger partial charge >= 0.3 is 0 Å². The Morgan fingerprint density at radius 1 is 1.50 bits per heavy atom. The lowest BCUT2D eigenvalue weighted by atomic mass is 10.3. The number of fused-ring (bicyclic) bond motifs is 1. The maximum Gasteiger partial charge on any atom is 0.185 e. The molecule has 0 radical (unpaired) electrons. The third kappa shape index (κ3) is 0.511. The predicted octanol–water partition coefficient (Wildman–Crippen LogP) is 2.63. The van der Waals surface area contributed by atoms with E-state index in [9.17, 15) is 0 Å². The summed E-state index contributed by atoms with van der Waals surface area (Å²) in [5.74, 6) is 0. The molecule has 1 aliphatic rings. The van der Waals surface area contributed by atoms with E-state index in [0.717, 1.165) is 0 Å². The van der Waals surface area contributed by atoms with Gasteiger partial charge in [-0.25, -0.2) is 0 Å². The van der Waals surface area contributed by atoms with Crippen LogP contribution in [-0.2, 0) is 0 Å². The molecule has 1 aliphatic heterocycles. The molecule has 1 aromatic rings. The molecule has 0 unspecified atom stereocenters. The largest absolute Gasteiger partial charge is 0.185 e. The lowest BCUT2D eigenvalue weighted by Gasteiger charge is -1.65. The van der Waals surface area contributed by atoms with Gasteiger partial charge in [-0.05, 0) is 0 Å². The van der Waals surface area contributed by atoms with Crippen LogP contribution < -0.4 is 0 Å². The van der Waals surface area contributed by atoms with E-state index in [1.54, 1.807) is 23.1 Å². The van der Waals surface area contributed by atoms with Crippen molar-refractivity contribution in [2.24, 2.45) is 0 Å². The molecule has 0 atom stereocenters. The summed E-state index contributed by atoms with van der Waals surface area (Å²) in [6, 6.07) is 2.12. The van der Waals surface area contributed by atoms with Crippen molar-refractivity contribution in [3.8, 4) is 0 Å². The molecule has 2 rings (SSSR count). The quantitative estimate of drug-likeness (QED) is 0.498. The molecule has 0 spiro atoms. The lowest BCUT2D eigenvalue weighted by molar-refractivity contribution is 1.69. The summed E-state index contributed by atoms with van der Waals surface area (Å²) in [4.78, 5) is 0. The van der Waals surface area contributed by atoms with Gasteiger partial charge in [-0.1, -0.05) is 0 Å². The second-order valence-electron chi connectivity index (χ2n) is 1.53. The van der Waals surface area contributed by atoms with E-state index in [4.69, 9.17) is 0 Å². The number of rotatable bonds is 0. The van der Waals surface area contributed by atoms with Gasteiger partial charge in [0.1, 0.15) is 22.7 Å². The molecular weight excluding hydrogens is 136 g/mol. The Morgan fingerprint density at radius 2 is 2.50 bits per heavy atom. The van der Waals surface area contributed by atoms with Gasteiger partial charge in [0.2, 0.25) is 0 Å². The zero-order chi connectivity index (χ0) is 5.40. The highest BCUT2D eigenvalue weighted by molar-refractivity contribution is 8.03. The molecule has 38 valence electrons. The highest BCUT2D eigenvalue weighted by Gasteiger charge is 2.17. The van der Waals surface area contributed by atoms with Gasteiger partial charge in [-0.3, -0.25) is 0 Å². The predicted molar refractivity (Wildman–Crippen MR) is 37.9 cm³/mol. The number of hydrogen-bond donors (Lipinski definition) is 0. The Hall–Kier alpha value is -0.300. The minimum atomic E-state index is 1.33. The van der Waals surface area contributed by atoms with Crippen molar-refractivity contribution in [2.75, 3.05) is 0 Å². The first kappa shape index (κ1) is 4.57. The highest BCUT2D eigenvalue weighted by Crippen LogP contribution is 2.35. The fraction of sp³-hybridized carbons (Fsp3) is 0. The lowest BCUT2D eigenvalue weighted by Crippen LogP contribution is -1.53. The first-order valence-electron chi connectivity index (χ1n) is 2.30. The SMILES string of the molecule is [C+]1=Cc2ccsc2S1. The Kier molecular flexibility index (Phi) is 0.908. The average Bonchev–Trinajstić information content (AvgIpc) is 2.15. The van der Waals surface area contributed by atoms with Crippen LogP contribution in [0.2, 0.25) is 0 Å². The van der Waals surface area contributed by atoms with Crippen LogP contribution in [-0.4, -0.2) is 0 Å². The molecule has 0 saturated carbocycles. The topological polar surface area (TPSA) is 0 Å². The van der Waals surface area contributed by atoms with Crippen LogP contribution >= 0.6 is 23.1 Å². The van der Waals surface area contributed by atoms with Crippen molar-refractivity contribution >= 4 is 29.2 Å². The maximum atomic E-state index is 3.07. The monoisotopic (exact) mass is 139 g/mol. The number of thioether (sulfide) groups is 1. The molecule has 0 aliphatic carbocycles. The van der Waals surface area contributed by atoms with Crippen molar-refractivity contribution in [3.63, 3.8) is 0 Å². The summed E-state index contributed by atoms with van der Waals surface area (Å²) in [5, 5.41) is 5.18. The van der Waals surface area contributed by atoms with Crippen LogP contribution in [0, 0.1) is 5.41 Å². The molecule has 0 bridgehead atoms. The standard InChI is InChI=1S/C6H3S2/c1-3-7-6-5(1)2-4-8-6/h1-3H/q+1. The molecule has 0 fully saturated rings. The van der Waals surface area contributed by atoms with E-state index in [2.05, 4.69) is 16.9 Å². The summed E-state index contributed by atoms with van der Waals surface area (Å²) in [7, 11) is 0. The molecule has 0 N–H and O–H groups in total. The van der Waals surface area contributed by atoms with E-state index in [1.807, 2.05) is 6.08 Å². The van der Waals surface area contributed by atoms with E-state index in [1.165, 1.54) is 9.77 Å². The fourth-order valence-corrected chi connectivity index (χ4v) is 2.28. The first-order chi connectivity index (χ1) is 3.97. The van der Waals surface area contributed by atoms with Gasteiger partial charge in [0.05, 0.1) is 0 Å². The Bertz CT molecular complexity index is 222. The third-order valence-corrected chi connectivity index (χ3v) is 2.94. The third-order valence-electron chi connectivity index (χ3n) is 1.02. The van der Waals surface area contributed by atoms with Crippen LogP contribution in [0.3, 0.4) is 0 Å². The van der Waals surface area contributed by atoms with Crippen molar-refractivity contribution in [1.82, 2.24) is 0 Å². The Morgan fingerprint density at radius 3 is 3.38 bits per heavy atom.